The molecule has 0 aliphatic rings. The number of rotatable bonds is 4. The lowest BCUT2D eigenvalue weighted by Crippen LogP contribution is -2.09. The zero-order valence-electron chi connectivity index (χ0n) is 13.5. The van der Waals surface area contributed by atoms with Crippen molar-refractivity contribution in [2.75, 3.05) is 5.32 Å². The molecule has 6 heteroatoms. The molecule has 0 saturated heterocycles. The van der Waals surface area contributed by atoms with Gasteiger partial charge in [0.15, 0.2) is 5.82 Å². The molecule has 120 valence electrons. The van der Waals surface area contributed by atoms with E-state index in [1.165, 1.54) is 0 Å². The Morgan fingerprint density at radius 3 is 2.88 bits per heavy atom. The van der Waals surface area contributed by atoms with Gasteiger partial charge in [-0.1, -0.05) is 18.2 Å². The van der Waals surface area contributed by atoms with Crippen molar-refractivity contribution in [3.05, 3.63) is 66.7 Å². The molecule has 1 aromatic carbocycles. The predicted molar refractivity (Wildman–Crippen MR) is 92.1 cm³/mol. The minimum Gasteiger partial charge on any atom is -0.459 e. The fourth-order valence-corrected chi connectivity index (χ4v) is 2.67. The summed E-state index contributed by atoms with van der Waals surface area (Å²) in [6.07, 6.45) is 7.03. The fraction of sp³-hybridized carbons (Fsp3) is 0.167. The highest BCUT2D eigenvalue weighted by atomic mass is 16.3. The Labute approximate surface area is 139 Å². The van der Waals surface area contributed by atoms with E-state index in [4.69, 9.17) is 4.42 Å². The maximum absolute atomic E-state index is 5.90. The van der Waals surface area contributed by atoms with Gasteiger partial charge in [-0.25, -0.2) is 9.97 Å². The summed E-state index contributed by atoms with van der Waals surface area (Å²) in [6.45, 7) is 3.97. The van der Waals surface area contributed by atoms with Crippen molar-refractivity contribution in [2.24, 2.45) is 0 Å². The number of aryl methyl sites for hydroxylation is 1. The van der Waals surface area contributed by atoms with Crippen LogP contribution in [0.1, 0.15) is 24.6 Å². The Bertz CT molecular complexity index is 955. The standard InChI is InChI=1S/C18H17N5O/c1-12(16-9-14-5-3-4-6-15(14)24-16)21-17-10-19-11-18(22-17)23-8-7-20-13(23)2/h3-12H,1-2H3,(H,21,22)/t12-/m1/s1. The average molecular weight is 319 g/mol. The predicted octanol–water partition coefficient (Wildman–Crippen LogP) is 3.89. The van der Waals surface area contributed by atoms with E-state index in [0.29, 0.717) is 5.82 Å². The first-order valence-electron chi connectivity index (χ1n) is 7.78. The largest absolute Gasteiger partial charge is 0.459 e. The SMILES string of the molecule is Cc1nccn1-c1cncc(N[C@H](C)c2cc3ccccc3o2)n1. The lowest BCUT2D eigenvalue weighted by atomic mass is 10.2. The minimum absolute atomic E-state index is 0.0224. The molecule has 0 fully saturated rings. The van der Waals surface area contributed by atoms with Crippen molar-refractivity contribution in [1.82, 2.24) is 19.5 Å². The van der Waals surface area contributed by atoms with Crippen molar-refractivity contribution < 1.29 is 4.42 Å². The lowest BCUT2D eigenvalue weighted by molar-refractivity contribution is 0.525. The van der Waals surface area contributed by atoms with Crippen LogP contribution in [0.5, 0.6) is 0 Å². The van der Waals surface area contributed by atoms with Crippen LogP contribution in [0.3, 0.4) is 0 Å². The van der Waals surface area contributed by atoms with Crippen LogP contribution in [0.15, 0.2) is 59.5 Å². The summed E-state index contributed by atoms with van der Waals surface area (Å²) in [5.41, 5.74) is 0.884. The molecule has 0 bridgehead atoms. The van der Waals surface area contributed by atoms with Gasteiger partial charge < -0.3 is 9.73 Å². The van der Waals surface area contributed by atoms with E-state index >= 15 is 0 Å². The van der Waals surface area contributed by atoms with E-state index in [-0.39, 0.29) is 6.04 Å². The highest BCUT2D eigenvalue weighted by molar-refractivity contribution is 5.77. The van der Waals surface area contributed by atoms with Crippen molar-refractivity contribution in [2.45, 2.75) is 19.9 Å². The van der Waals surface area contributed by atoms with E-state index < -0.39 is 0 Å². The van der Waals surface area contributed by atoms with Gasteiger partial charge in [0.05, 0.1) is 18.4 Å². The molecule has 0 unspecified atom stereocenters. The molecular formula is C18H17N5O. The van der Waals surface area contributed by atoms with Gasteiger partial charge in [-0.2, -0.15) is 0 Å². The molecule has 3 aromatic heterocycles. The highest BCUT2D eigenvalue weighted by Crippen LogP contribution is 2.25. The van der Waals surface area contributed by atoms with E-state index in [1.54, 1.807) is 18.6 Å². The molecule has 0 spiro atoms. The molecule has 3 heterocycles. The van der Waals surface area contributed by atoms with E-state index in [9.17, 15) is 0 Å². The van der Waals surface area contributed by atoms with Crippen molar-refractivity contribution in [1.29, 1.82) is 0 Å². The number of imidazole rings is 1. The molecule has 0 aliphatic carbocycles. The van der Waals surface area contributed by atoms with Gasteiger partial charge >= 0.3 is 0 Å². The first kappa shape index (κ1) is 14.4. The van der Waals surface area contributed by atoms with E-state index in [2.05, 4.69) is 20.3 Å². The van der Waals surface area contributed by atoms with Gasteiger partial charge in [0.25, 0.3) is 0 Å². The number of furan rings is 1. The molecular weight excluding hydrogens is 302 g/mol. The maximum Gasteiger partial charge on any atom is 0.159 e. The van der Waals surface area contributed by atoms with E-state index in [0.717, 1.165) is 28.4 Å². The van der Waals surface area contributed by atoms with Crippen LogP contribution < -0.4 is 5.32 Å². The number of para-hydroxylation sites is 1. The number of nitrogens with zero attached hydrogens (tertiary/aromatic N) is 4. The summed E-state index contributed by atoms with van der Waals surface area (Å²) in [6, 6.07) is 10.00. The Kier molecular flexibility index (Phi) is 3.49. The van der Waals surface area contributed by atoms with Crippen molar-refractivity contribution >= 4 is 16.8 Å². The second-order valence-corrected chi connectivity index (χ2v) is 5.66. The molecule has 6 nitrogen and oxygen atoms in total. The quantitative estimate of drug-likeness (QED) is 0.618. The summed E-state index contributed by atoms with van der Waals surface area (Å²) >= 11 is 0. The van der Waals surface area contributed by atoms with Gasteiger partial charge in [-0.05, 0) is 26.0 Å². The first-order chi connectivity index (χ1) is 11.7. The van der Waals surface area contributed by atoms with Crippen LogP contribution in [0.25, 0.3) is 16.8 Å². The second-order valence-electron chi connectivity index (χ2n) is 5.66. The van der Waals surface area contributed by atoms with Gasteiger partial charge in [0, 0.05) is 17.8 Å². The zero-order chi connectivity index (χ0) is 16.5. The molecule has 0 aliphatic heterocycles. The number of fused-ring (bicyclic) bond motifs is 1. The molecule has 4 rings (SSSR count). The number of benzene rings is 1. The molecule has 0 amide bonds. The summed E-state index contributed by atoms with van der Waals surface area (Å²) in [4.78, 5) is 13.1. The Morgan fingerprint density at radius 1 is 1.21 bits per heavy atom. The summed E-state index contributed by atoms with van der Waals surface area (Å²) in [5, 5.41) is 4.43. The Balaban J connectivity index is 1.59. The summed E-state index contributed by atoms with van der Waals surface area (Å²) < 4.78 is 7.79. The van der Waals surface area contributed by atoms with Crippen LogP contribution in [-0.4, -0.2) is 19.5 Å². The third kappa shape index (κ3) is 2.62. The molecule has 1 N–H and O–H groups in total. The van der Waals surface area contributed by atoms with Gasteiger partial charge in [0.1, 0.15) is 23.0 Å². The summed E-state index contributed by atoms with van der Waals surface area (Å²) in [7, 11) is 0. The molecule has 4 aromatic rings. The van der Waals surface area contributed by atoms with E-state index in [1.807, 2.05) is 54.9 Å². The van der Waals surface area contributed by atoms with Crippen LogP contribution in [0.4, 0.5) is 5.82 Å². The minimum atomic E-state index is -0.0224. The Morgan fingerprint density at radius 2 is 2.08 bits per heavy atom. The molecule has 0 radical (unpaired) electrons. The van der Waals surface area contributed by atoms with Gasteiger partial charge in [-0.15, -0.1) is 0 Å². The molecule has 0 saturated carbocycles. The zero-order valence-corrected chi connectivity index (χ0v) is 13.5. The van der Waals surface area contributed by atoms with Crippen LogP contribution >= 0.6 is 0 Å². The van der Waals surface area contributed by atoms with Crippen molar-refractivity contribution in [3.8, 4) is 5.82 Å². The van der Waals surface area contributed by atoms with Crippen molar-refractivity contribution in [3.63, 3.8) is 0 Å². The topological polar surface area (TPSA) is 68.8 Å². The number of nitrogens with one attached hydrogen (secondary N) is 1. The fourth-order valence-electron chi connectivity index (χ4n) is 2.67. The molecule has 24 heavy (non-hydrogen) atoms. The normalized spacial score (nSPS) is 12.4. The number of anilines is 1. The third-order valence-corrected chi connectivity index (χ3v) is 3.93. The number of hydrogen-bond acceptors (Lipinski definition) is 5. The second kappa shape index (κ2) is 5.81. The lowest BCUT2D eigenvalue weighted by Gasteiger charge is -2.13. The van der Waals surface area contributed by atoms with Crippen LogP contribution in [-0.2, 0) is 0 Å². The van der Waals surface area contributed by atoms with Gasteiger partial charge in [-0.3, -0.25) is 9.55 Å². The van der Waals surface area contributed by atoms with Crippen LogP contribution in [0, 0.1) is 6.92 Å². The average Bonchev–Trinajstić information content (AvgIpc) is 3.21. The molecule has 1 atom stereocenters. The Hall–Kier alpha value is -3.15. The number of aromatic nitrogens is 4. The monoisotopic (exact) mass is 319 g/mol. The maximum atomic E-state index is 5.90. The third-order valence-electron chi connectivity index (χ3n) is 3.93. The van der Waals surface area contributed by atoms with Crippen LogP contribution in [0.2, 0.25) is 0 Å². The number of hydrogen-bond donors (Lipinski definition) is 1. The van der Waals surface area contributed by atoms with Gasteiger partial charge in [0.2, 0.25) is 0 Å². The first-order valence-corrected chi connectivity index (χ1v) is 7.78. The smallest absolute Gasteiger partial charge is 0.159 e. The summed E-state index contributed by atoms with van der Waals surface area (Å²) in [5.74, 6) is 3.15. The highest BCUT2D eigenvalue weighted by Gasteiger charge is 2.13.